The first kappa shape index (κ1) is 31.3. The lowest BCUT2D eigenvalue weighted by atomic mass is 9.46. The van der Waals surface area contributed by atoms with Crippen LogP contribution in [0.25, 0.3) is 0 Å². The van der Waals surface area contributed by atoms with Crippen LogP contribution in [0, 0.1) is 45.3 Å². The quantitative estimate of drug-likeness (QED) is 0.384. The van der Waals surface area contributed by atoms with Crippen molar-refractivity contribution in [3.05, 3.63) is 0 Å². The summed E-state index contributed by atoms with van der Waals surface area (Å²) in [4.78, 5) is 2.28. The predicted molar refractivity (Wildman–Crippen MR) is 165 cm³/mol. The van der Waals surface area contributed by atoms with Gasteiger partial charge in [0.15, 0.2) is 6.29 Å². The first-order valence-corrected chi connectivity index (χ1v) is 18.0. The number of morpholine rings is 1. The molecule has 0 radical (unpaired) electrons. The van der Waals surface area contributed by atoms with Crippen LogP contribution in [-0.4, -0.2) is 90.9 Å². The number of hydrogen-bond acceptors (Lipinski definition) is 7. The lowest BCUT2D eigenvalue weighted by Gasteiger charge is -2.60. The number of ether oxygens (including phenoxy) is 4. The molecule has 246 valence electrons. The highest BCUT2D eigenvalue weighted by molar-refractivity contribution is 5.29. The van der Waals surface area contributed by atoms with Gasteiger partial charge >= 0.3 is 0 Å². The summed E-state index contributed by atoms with van der Waals surface area (Å²) in [6, 6.07) is 0. The Morgan fingerprint density at radius 2 is 1.77 bits per heavy atom. The molecule has 0 bridgehead atoms. The highest BCUT2D eigenvalue weighted by Gasteiger charge is 2.80. The summed E-state index contributed by atoms with van der Waals surface area (Å²) in [6.45, 7) is 17.3. The summed E-state index contributed by atoms with van der Waals surface area (Å²) in [6.07, 6.45) is 12.8. The molecule has 43 heavy (non-hydrogen) atoms. The molecule has 12 atom stereocenters. The second kappa shape index (κ2) is 10.9. The number of fused-ring (bicyclic) bond motifs is 4. The molecule has 2 saturated heterocycles. The van der Waals surface area contributed by atoms with Crippen LogP contribution in [0.2, 0.25) is 0 Å². The van der Waals surface area contributed by atoms with Gasteiger partial charge in [0.25, 0.3) is 0 Å². The van der Waals surface area contributed by atoms with Gasteiger partial charge in [0, 0.05) is 26.2 Å². The third-order valence-corrected chi connectivity index (χ3v) is 14.8. The molecule has 2 N–H and O–H groups in total. The highest BCUT2D eigenvalue weighted by atomic mass is 16.7. The number of hydrogen-bond donors (Lipinski definition) is 2. The van der Waals surface area contributed by atoms with Crippen LogP contribution in [0.3, 0.4) is 0 Å². The maximum absolute atomic E-state index is 10.9. The third kappa shape index (κ3) is 4.75. The van der Waals surface area contributed by atoms with Crippen molar-refractivity contribution < 1.29 is 29.2 Å². The Kier molecular flexibility index (Phi) is 7.93. The van der Waals surface area contributed by atoms with Crippen molar-refractivity contribution in [1.82, 2.24) is 4.90 Å². The Morgan fingerprint density at radius 1 is 0.977 bits per heavy atom. The molecule has 2 aliphatic heterocycles. The van der Waals surface area contributed by atoms with Crippen molar-refractivity contribution in [2.24, 2.45) is 45.3 Å². The summed E-state index contributed by atoms with van der Waals surface area (Å²) in [5.41, 5.74) is 0.640. The largest absolute Gasteiger partial charge is 0.395 e. The van der Waals surface area contributed by atoms with E-state index < -0.39 is 5.60 Å². The van der Waals surface area contributed by atoms with Crippen LogP contribution >= 0.6 is 0 Å². The SMILES string of the molecule is CCOC(C1CCC2C(CC3C4CCC5C(C)(C)C(OC6CN(CCO)CCO6)CCC56CC46CCC23C)O1)C(C)(C)O. The van der Waals surface area contributed by atoms with E-state index in [9.17, 15) is 10.2 Å². The second-order valence-corrected chi connectivity index (χ2v) is 17.3. The molecule has 2 spiro atoms. The molecule has 0 amide bonds. The monoisotopic (exact) mass is 603 g/mol. The van der Waals surface area contributed by atoms with Crippen LogP contribution < -0.4 is 0 Å². The topological polar surface area (TPSA) is 80.6 Å². The molecule has 0 aromatic rings. The first-order valence-electron chi connectivity index (χ1n) is 18.0. The van der Waals surface area contributed by atoms with Gasteiger partial charge in [-0.25, -0.2) is 0 Å². The zero-order chi connectivity index (χ0) is 30.4. The summed E-state index contributed by atoms with van der Waals surface area (Å²) in [5, 5.41) is 20.4. The Labute approximate surface area is 260 Å². The van der Waals surface area contributed by atoms with Crippen molar-refractivity contribution in [3.63, 3.8) is 0 Å². The van der Waals surface area contributed by atoms with E-state index in [2.05, 4.69) is 25.7 Å². The van der Waals surface area contributed by atoms with E-state index in [1.807, 2.05) is 20.8 Å². The maximum atomic E-state index is 10.9. The molecular weight excluding hydrogens is 542 g/mol. The average molecular weight is 604 g/mol. The van der Waals surface area contributed by atoms with Crippen LogP contribution in [0.1, 0.15) is 106 Å². The third-order valence-electron chi connectivity index (χ3n) is 14.8. The molecule has 7 fully saturated rings. The Morgan fingerprint density at radius 3 is 2.51 bits per heavy atom. The molecule has 0 aromatic carbocycles. The fourth-order valence-corrected chi connectivity index (χ4v) is 12.9. The second-order valence-electron chi connectivity index (χ2n) is 17.3. The van der Waals surface area contributed by atoms with E-state index in [-0.39, 0.29) is 36.6 Å². The number of aliphatic hydroxyl groups excluding tert-OH is 1. The van der Waals surface area contributed by atoms with Gasteiger partial charge in [0.2, 0.25) is 0 Å². The Hall–Kier alpha value is -0.280. The van der Waals surface area contributed by atoms with E-state index >= 15 is 0 Å². The van der Waals surface area contributed by atoms with Gasteiger partial charge < -0.3 is 29.2 Å². The van der Waals surface area contributed by atoms with E-state index in [0.717, 1.165) is 43.7 Å². The Balaban J connectivity index is 1.06. The zero-order valence-electron chi connectivity index (χ0n) is 28.0. The molecule has 7 heteroatoms. The van der Waals surface area contributed by atoms with Crippen molar-refractivity contribution >= 4 is 0 Å². The molecule has 7 rings (SSSR count). The number of nitrogens with zero attached hydrogens (tertiary/aromatic N) is 1. The fraction of sp³-hybridized carbons (Fsp3) is 1.00. The molecule has 5 saturated carbocycles. The number of aliphatic hydroxyl groups is 2. The maximum Gasteiger partial charge on any atom is 0.170 e. The lowest BCUT2D eigenvalue weighted by Crippen LogP contribution is -2.56. The standard InChI is InChI=1S/C36H61NO6/c1-7-40-31(33(4,5)39)26-10-8-24-27(42-26)20-25-23-9-11-28-32(2,3)29(43-30-21-37(16-18-38)17-19-41-30)12-13-36(28)22-35(23,36)15-14-34(24,25)6/h23-31,38-39H,7-22H2,1-6H3. The van der Waals surface area contributed by atoms with E-state index in [1.54, 1.807) is 0 Å². The van der Waals surface area contributed by atoms with Gasteiger partial charge in [-0.1, -0.05) is 20.8 Å². The van der Waals surface area contributed by atoms with E-state index in [1.165, 1.54) is 51.4 Å². The molecule has 12 unspecified atom stereocenters. The molecule has 7 nitrogen and oxygen atoms in total. The summed E-state index contributed by atoms with van der Waals surface area (Å²) < 4.78 is 25.9. The Bertz CT molecular complexity index is 1030. The van der Waals surface area contributed by atoms with Crippen molar-refractivity contribution in [2.75, 3.05) is 39.5 Å². The van der Waals surface area contributed by atoms with Gasteiger partial charge in [0.1, 0.15) is 6.10 Å². The summed E-state index contributed by atoms with van der Waals surface area (Å²) in [5.74, 6) is 2.95. The number of rotatable bonds is 8. The molecule has 0 aromatic heterocycles. The summed E-state index contributed by atoms with van der Waals surface area (Å²) in [7, 11) is 0. The van der Waals surface area contributed by atoms with Crippen LogP contribution in [0.4, 0.5) is 0 Å². The minimum absolute atomic E-state index is 0.0122. The van der Waals surface area contributed by atoms with Crippen molar-refractivity contribution in [1.29, 1.82) is 0 Å². The first-order chi connectivity index (χ1) is 20.4. The molecule has 2 heterocycles. The fourth-order valence-electron chi connectivity index (χ4n) is 12.9. The van der Waals surface area contributed by atoms with Crippen molar-refractivity contribution in [3.8, 4) is 0 Å². The normalized spacial score (nSPS) is 49.7. The average Bonchev–Trinajstić information content (AvgIpc) is 3.53. The van der Waals surface area contributed by atoms with Gasteiger partial charge in [-0.15, -0.1) is 0 Å². The van der Waals surface area contributed by atoms with Crippen LogP contribution in [0.15, 0.2) is 0 Å². The number of β-amino-alcohol motifs (C(OH)–C–C–N with tert-alkyl or cyclic N) is 1. The predicted octanol–water partition coefficient (Wildman–Crippen LogP) is 5.40. The summed E-state index contributed by atoms with van der Waals surface area (Å²) >= 11 is 0. The molecule has 5 aliphatic carbocycles. The van der Waals surface area contributed by atoms with Crippen molar-refractivity contribution in [2.45, 2.75) is 142 Å². The van der Waals surface area contributed by atoms with Gasteiger partial charge in [-0.2, -0.15) is 0 Å². The highest BCUT2D eigenvalue weighted by Crippen LogP contribution is 2.87. The molecular formula is C36H61NO6. The zero-order valence-corrected chi connectivity index (χ0v) is 28.0. The minimum atomic E-state index is -0.900. The lowest BCUT2D eigenvalue weighted by molar-refractivity contribution is -0.245. The molecule has 7 aliphatic rings. The van der Waals surface area contributed by atoms with E-state index in [0.29, 0.717) is 48.0 Å². The van der Waals surface area contributed by atoms with Gasteiger partial charge in [-0.3, -0.25) is 4.90 Å². The van der Waals surface area contributed by atoms with Gasteiger partial charge in [0.05, 0.1) is 37.1 Å². The van der Waals surface area contributed by atoms with E-state index in [4.69, 9.17) is 18.9 Å². The van der Waals surface area contributed by atoms with Crippen LogP contribution in [-0.2, 0) is 18.9 Å². The smallest absolute Gasteiger partial charge is 0.170 e. The minimum Gasteiger partial charge on any atom is -0.395 e. The van der Waals surface area contributed by atoms with Gasteiger partial charge in [-0.05, 0) is 130 Å². The van der Waals surface area contributed by atoms with Crippen LogP contribution in [0.5, 0.6) is 0 Å².